The van der Waals surface area contributed by atoms with E-state index in [1.165, 1.54) is 4.70 Å². The fourth-order valence-electron chi connectivity index (χ4n) is 5.17. The van der Waals surface area contributed by atoms with Crippen molar-refractivity contribution in [3.8, 4) is 5.69 Å². The lowest BCUT2D eigenvalue weighted by Crippen LogP contribution is -2.19. The molecule has 1 N–H and O–H groups in total. The minimum absolute atomic E-state index is 0.0850. The molecule has 0 aliphatic carbocycles. The standard InChI is InChI=1S/C31H23N5S/c1-20-26-27(22-13-10-18-32-19-22)28(31-33-24-16-8-9-17-25(24)37-31)29(21-11-4-2-5-12-21)34-30(26)36(35-20)23-14-6-3-7-15-23/h2-19,27,34H,1H3/t27-/m1/s1. The molecule has 1 aliphatic heterocycles. The maximum absolute atomic E-state index is 5.13. The van der Waals surface area contributed by atoms with E-state index >= 15 is 0 Å². The molecule has 3 aromatic carbocycles. The monoisotopic (exact) mass is 497 g/mol. The summed E-state index contributed by atoms with van der Waals surface area (Å²) < 4.78 is 3.19. The number of fused-ring (bicyclic) bond motifs is 2. The van der Waals surface area contributed by atoms with Crippen molar-refractivity contribution in [3.63, 3.8) is 0 Å². The van der Waals surface area contributed by atoms with Crippen LogP contribution in [0.3, 0.4) is 0 Å². The zero-order valence-electron chi connectivity index (χ0n) is 20.2. The number of hydrogen-bond donors (Lipinski definition) is 1. The Balaban J connectivity index is 1.56. The van der Waals surface area contributed by atoms with Gasteiger partial charge in [0.25, 0.3) is 0 Å². The zero-order chi connectivity index (χ0) is 24.8. The summed E-state index contributed by atoms with van der Waals surface area (Å²) in [4.78, 5) is 9.64. The molecule has 0 unspecified atom stereocenters. The van der Waals surface area contributed by atoms with Crippen molar-refractivity contribution in [2.24, 2.45) is 0 Å². The SMILES string of the molecule is Cc1nn(-c2ccccc2)c2c1[C@@H](c1cccnc1)C(c1nc3ccccc3s1)=C(c1ccccc1)N2. The molecule has 5 nitrogen and oxygen atoms in total. The molecule has 1 atom stereocenters. The Bertz CT molecular complexity index is 1720. The van der Waals surface area contributed by atoms with Crippen molar-refractivity contribution >= 4 is 38.6 Å². The van der Waals surface area contributed by atoms with E-state index in [9.17, 15) is 0 Å². The van der Waals surface area contributed by atoms with Gasteiger partial charge in [0.1, 0.15) is 10.8 Å². The van der Waals surface area contributed by atoms with Crippen LogP contribution in [-0.2, 0) is 0 Å². The Morgan fingerprint density at radius 3 is 2.35 bits per heavy atom. The van der Waals surface area contributed by atoms with Crippen LogP contribution < -0.4 is 5.32 Å². The molecule has 0 bridgehead atoms. The first kappa shape index (κ1) is 21.7. The van der Waals surface area contributed by atoms with Crippen LogP contribution in [0.1, 0.15) is 33.3 Å². The average molecular weight is 498 g/mol. The number of nitrogens with zero attached hydrogens (tertiary/aromatic N) is 4. The number of para-hydroxylation sites is 2. The second-order valence-electron chi connectivity index (χ2n) is 9.08. The fourth-order valence-corrected chi connectivity index (χ4v) is 6.21. The Labute approximate surface area is 218 Å². The summed E-state index contributed by atoms with van der Waals surface area (Å²) in [5.41, 5.74) is 8.55. The van der Waals surface area contributed by atoms with E-state index in [0.717, 1.165) is 55.7 Å². The third-order valence-corrected chi connectivity index (χ3v) is 7.87. The first-order chi connectivity index (χ1) is 18.3. The van der Waals surface area contributed by atoms with Gasteiger partial charge in [-0.15, -0.1) is 11.3 Å². The highest BCUT2D eigenvalue weighted by Gasteiger charge is 2.37. The number of anilines is 1. The molecule has 0 spiro atoms. The van der Waals surface area contributed by atoms with Gasteiger partial charge >= 0.3 is 0 Å². The fraction of sp³-hybridized carbons (Fsp3) is 0.0645. The quantitative estimate of drug-likeness (QED) is 0.277. The summed E-state index contributed by atoms with van der Waals surface area (Å²) in [7, 11) is 0. The minimum Gasteiger partial charge on any atom is -0.339 e. The molecule has 0 radical (unpaired) electrons. The van der Waals surface area contributed by atoms with E-state index < -0.39 is 0 Å². The normalized spacial score (nSPS) is 15.0. The Morgan fingerprint density at radius 1 is 0.838 bits per heavy atom. The van der Waals surface area contributed by atoms with Gasteiger partial charge in [0.15, 0.2) is 0 Å². The van der Waals surface area contributed by atoms with Crippen LogP contribution in [0, 0.1) is 6.92 Å². The van der Waals surface area contributed by atoms with Crippen molar-refractivity contribution < 1.29 is 0 Å². The second kappa shape index (κ2) is 8.84. The smallest absolute Gasteiger partial charge is 0.138 e. The van der Waals surface area contributed by atoms with Crippen LogP contribution in [-0.4, -0.2) is 19.7 Å². The van der Waals surface area contributed by atoms with Gasteiger partial charge in [-0.05, 0) is 48.4 Å². The third kappa shape index (κ3) is 3.65. The van der Waals surface area contributed by atoms with Crippen LogP contribution in [0.5, 0.6) is 0 Å². The second-order valence-corrected chi connectivity index (χ2v) is 10.1. The molecule has 0 amide bonds. The maximum Gasteiger partial charge on any atom is 0.138 e. The highest BCUT2D eigenvalue weighted by molar-refractivity contribution is 7.19. The van der Waals surface area contributed by atoms with Gasteiger partial charge in [-0.3, -0.25) is 4.98 Å². The number of allylic oxidation sites excluding steroid dienone is 1. The van der Waals surface area contributed by atoms with E-state index in [0.29, 0.717) is 0 Å². The number of benzene rings is 3. The predicted molar refractivity (Wildman–Crippen MR) is 151 cm³/mol. The van der Waals surface area contributed by atoms with Crippen molar-refractivity contribution in [3.05, 3.63) is 137 Å². The molecule has 178 valence electrons. The lowest BCUT2D eigenvalue weighted by atomic mass is 9.81. The molecule has 3 aromatic heterocycles. The topological polar surface area (TPSA) is 55.6 Å². The molecule has 37 heavy (non-hydrogen) atoms. The van der Waals surface area contributed by atoms with E-state index in [-0.39, 0.29) is 5.92 Å². The summed E-state index contributed by atoms with van der Waals surface area (Å²) in [6.45, 7) is 2.09. The van der Waals surface area contributed by atoms with Crippen molar-refractivity contribution in [2.45, 2.75) is 12.8 Å². The van der Waals surface area contributed by atoms with Gasteiger partial charge < -0.3 is 5.32 Å². The molecule has 7 rings (SSSR count). The lowest BCUT2D eigenvalue weighted by molar-refractivity contribution is 0.870. The summed E-state index contributed by atoms with van der Waals surface area (Å²) in [5.74, 6) is 0.888. The van der Waals surface area contributed by atoms with Gasteiger partial charge in [0, 0.05) is 29.4 Å². The van der Waals surface area contributed by atoms with Crippen molar-refractivity contribution in [2.75, 3.05) is 5.32 Å². The summed E-state index contributed by atoms with van der Waals surface area (Å²) in [6.07, 6.45) is 3.79. The van der Waals surface area contributed by atoms with E-state index in [1.807, 2.05) is 53.5 Å². The van der Waals surface area contributed by atoms with Crippen LogP contribution in [0.4, 0.5) is 5.82 Å². The predicted octanol–water partition coefficient (Wildman–Crippen LogP) is 7.31. The van der Waals surface area contributed by atoms with Crippen LogP contribution in [0.15, 0.2) is 109 Å². The number of aryl methyl sites for hydroxylation is 1. The molecule has 6 heteroatoms. The number of thiazole rings is 1. The van der Waals surface area contributed by atoms with E-state index in [2.05, 4.69) is 77.9 Å². The Hall–Kier alpha value is -4.55. The molecular formula is C31H23N5S. The first-order valence-electron chi connectivity index (χ1n) is 12.3. The number of pyridine rings is 1. The van der Waals surface area contributed by atoms with Crippen LogP contribution in [0.2, 0.25) is 0 Å². The largest absolute Gasteiger partial charge is 0.339 e. The van der Waals surface area contributed by atoms with E-state index in [4.69, 9.17) is 10.1 Å². The molecule has 0 saturated heterocycles. The highest BCUT2D eigenvalue weighted by Crippen LogP contribution is 2.51. The first-order valence-corrected chi connectivity index (χ1v) is 13.1. The molecule has 1 aliphatic rings. The number of aromatic nitrogens is 4. The number of nitrogens with one attached hydrogen (secondary N) is 1. The van der Waals surface area contributed by atoms with Gasteiger partial charge in [0.2, 0.25) is 0 Å². The third-order valence-electron chi connectivity index (χ3n) is 6.80. The lowest BCUT2D eigenvalue weighted by Gasteiger charge is -2.30. The Morgan fingerprint density at radius 2 is 1.59 bits per heavy atom. The Kier molecular flexibility index (Phi) is 5.18. The molecular weight excluding hydrogens is 474 g/mol. The maximum atomic E-state index is 5.13. The van der Waals surface area contributed by atoms with Gasteiger partial charge in [-0.25, -0.2) is 9.67 Å². The summed E-state index contributed by atoms with van der Waals surface area (Å²) in [5, 5.41) is 9.85. The number of rotatable bonds is 4. The molecule has 6 aromatic rings. The van der Waals surface area contributed by atoms with Gasteiger partial charge in [-0.2, -0.15) is 5.10 Å². The summed E-state index contributed by atoms with van der Waals surface area (Å²) in [6, 6.07) is 33.3. The molecule has 4 heterocycles. The van der Waals surface area contributed by atoms with Crippen LogP contribution >= 0.6 is 11.3 Å². The van der Waals surface area contributed by atoms with Crippen LogP contribution in [0.25, 0.3) is 27.2 Å². The average Bonchev–Trinajstić information content (AvgIpc) is 3.54. The highest BCUT2D eigenvalue weighted by atomic mass is 32.1. The van der Waals surface area contributed by atoms with Crippen molar-refractivity contribution in [1.29, 1.82) is 0 Å². The molecule has 0 fully saturated rings. The van der Waals surface area contributed by atoms with Gasteiger partial charge in [0.05, 0.1) is 27.3 Å². The number of hydrogen-bond acceptors (Lipinski definition) is 5. The van der Waals surface area contributed by atoms with E-state index in [1.54, 1.807) is 11.3 Å². The minimum atomic E-state index is -0.0850. The van der Waals surface area contributed by atoms with Crippen molar-refractivity contribution in [1.82, 2.24) is 19.7 Å². The van der Waals surface area contributed by atoms with Gasteiger partial charge in [-0.1, -0.05) is 66.7 Å². The molecule has 0 saturated carbocycles. The summed E-state index contributed by atoms with van der Waals surface area (Å²) >= 11 is 1.73. The zero-order valence-corrected chi connectivity index (χ0v) is 21.0.